The number of benzene rings is 2. The Morgan fingerprint density at radius 2 is 1.75 bits per heavy atom. The topological polar surface area (TPSA) is 24.1 Å². The first-order valence-corrected chi connectivity index (χ1v) is 7.89. The molecule has 1 atom stereocenters. The largest absolute Gasteiger partial charge is 0.416 e. The van der Waals surface area contributed by atoms with Crippen LogP contribution in [0.1, 0.15) is 35.2 Å². The maximum absolute atomic E-state index is 12.7. The van der Waals surface area contributed by atoms with Crippen LogP contribution >= 0.6 is 12.2 Å². The summed E-state index contributed by atoms with van der Waals surface area (Å²) >= 11 is 5.20. The average Bonchev–Trinajstić information content (AvgIpc) is 2.49. The van der Waals surface area contributed by atoms with E-state index in [0.29, 0.717) is 5.69 Å². The second kappa shape index (κ2) is 7.21. The number of anilines is 1. The minimum absolute atomic E-state index is 0.0601. The van der Waals surface area contributed by atoms with Crippen molar-refractivity contribution in [3.8, 4) is 0 Å². The van der Waals surface area contributed by atoms with Gasteiger partial charge in [0.05, 0.1) is 11.6 Å². The van der Waals surface area contributed by atoms with E-state index in [1.165, 1.54) is 17.2 Å². The van der Waals surface area contributed by atoms with Crippen molar-refractivity contribution in [1.29, 1.82) is 0 Å². The summed E-state index contributed by atoms with van der Waals surface area (Å²) in [7, 11) is 0. The molecule has 0 aromatic heterocycles. The van der Waals surface area contributed by atoms with Crippen LogP contribution in [0.4, 0.5) is 18.9 Å². The highest BCUT2D eigenvalue weighted by atomic mass is 32.1. The van der Waals surface area contributed by atoms with Crippen LogP contribution < -0.4 is 10.6 Å². The Labute approximate surface area is 145 Å². The summed E-state index contributed by atoms with van der Waals surface area (Å²) in [6.07, 6.45) is -4.38. The molecule has 2 aromatic carbocycles. The van der Waals surface area contributed by atoms with Crippen LogP contribution in [0.25, 0.3) is 0 Å². The van der Waals surface area contributed by atoms with E-state index < -0.39 is 11.7 Å². The molecule has 2 N–H and O–H groups in total. The van der Waals surface area contributed by atoms with E-state index in [2.05, 4.69) is 16.7 Å². The molecule has 0 aliphatic rings. The Balaban J connectivity index is 2.04. The second-order valence-corrected chi connectivity index (χ2v) is 6.15. The van der Waals surface area contributed by atoms with Crippen LogP contribution in [0.2, 0.25) is 0 Å². The van der Waals surface area contributed by atoms with Crippen LogP contribution in [-0.2, 0) is 6.18 Å². The first-order valence-electron chi connectivity index (χ1n) is 7.49. The van der Waals surface area contributed by atoms with E-state index in [9.17, 15) is 13.2 Å². The smallest absolute Gasteiger partial charge is 0.356 e. The van der Waals surface area contributed by atoms with E-state index in [-0.39, 0.29) is 11.2 Å². The van der Waals surface area contributed by atoms with Gasteiger partial charge in [-0.05, 0) is 67.9 Å². The van der Waals surface area contributed by atoms with E-state index in [1.54, 1.807) is 6.07 Å². The van der Waals surface area contributed by atoms with Gasteiger partial charge in [-0.15, -0.1) is 0 Å². The molecule has 0 bridgehead atoms. The van der Waals surface area contributed by atoms with Gasteiger partial charge in [0.1, 0.15) is 0 Å². The molecule has 2 rings (SSSR count). The molecule has 128 valence electrons. The number of hydrogen-bond acceptors (Lipinski definition) is 1. The van der Waals surface area contributed by atoms with Gasteiger partial charge in [-0.1, -0.05) is 24.3 Å². The zero-order valence-electron chi connectivity index (χ0n) is 13.7. The zero-order valence-corrected chi connectivity index (χ0v) is 14.5. The highest BCUT2D eigenvalue weighted by molar-refractivity contribution is 7.80. The molecule has 0 amide bonds. The molecule has 0 aliphatic heterocycles. The van der Waals surface area contributed by atoms with Crippen molar-refractivity contribution in [2.75, 3.05) is 5.32 Å². The number of aryl methyl sites for hydroxylation is 2. The Morgan fingerprint density at radius 1 is 1.04 bits per heavy atom. The second-order valence-electron chi connectivity index (χ2n) is 5.74. The van der Waals surface area contributed by atoms with Gasteiger partial charge in [0, 0.05) is 5.69 Å². The van der Waals surface area contributed by atoms with E-state index in [0.717, 1.165) is 17.7 Å². The molecular formula is C18H19F3N2S. The summed E-state index contributed by atoms with van der Waals surface area (Å²) in [6, 6.07) is 11.0. The Morgan fingerprint density at radius 3 is 2.38 bits per heavy atom. The molecule has 6 heteroatoms. The molecule has 0 spiro atoms. The first kappa shape index (κ1) is 18.3. The summed E-state index contributed by atoms with van der Waals surface area (Å²) in [6.45, 7) is 6.02. The Kier molecular flexibility index (Phi) is 5.49. The molecule has 1 unspecified atom stereocenters. The normalized spacial score (nSPS) is 12.6. The third-order valence-corrected chi connectivity index (χ3v) is 4.05. The fourth-order valence-corrected chi connectivity index (χ4v) is 2.55. The van der Waals surface area contributed by atoms with Gasteiger partial charge in [0.25, 0.3) is 0 Å². The molecule has 0 aliphatic carbocycles. The summed E-state index contributed by atoms with van der Waals surface area (Å²) in [5.74, 6) is 0. The monoisotopic (exact) mass is 352 g/mol. The third kappa shape index (κ3) is 4.71. The van der Waals surface area contributed by atoms with Crippen LogP contribution in [0.3, 0.4) is 0 Å². The molecule has 0 radical (unpaired) electrons. The molecule has 2 nitrogen and oxygen atoms in total. The van der Waals surface area contributed by atoms with E-state index >= 15 is 0 Å². The lowest BCUT2D eigenvalue weighted by Gasteiger charge is -2.19. The fraction of sp³-hybridized carbons (Fsp3) is 0.278. The van der Waals surface area contributed by atoms with Gasteiger partial charge in [0.2, 0.25) is 0 Å². The molecule has 0 saturated heterocycles. The maximum Gasteiger partial charge on any atom is 0.416 e. The molecule has 24 heavy (non-hydrogen) atoms. The fourth-order valence-electron chi connectivity index (χ4n) is 2.25. The summed E-state index contributed by atoms with van der Waals surface area (Å²) in [5, 5.41) is 6.17. The quantitative estimate of drug-likeness (QED) is 0.726. The highest BCUT2D eigenvalue weighted by Gasteiger charge is 2.30. The minimum Gasteiger partial charge on any atom is -0.356 e. The average molecular weight is 352 g/mol. The molecule has 0 saturated carbocycles. The molecule has 0 heterocycles. The van der Waals surface area contributed by atoms with E-state index in [1.807, 2.05) is 32.9 Å². The van der Waals surface area contributed by atoms with Gasteiger partial charge in [-0.3, -0.25) is 0 Å². The summed E-state index contributed by atoms with van der Waals surface area (Å²) in [4.78, 5) is 0. The van der Waals surface area contributed by atoms with Crippen molar-refractivity contribution >= 4 is 23.0 Å². The number of nitrogens with one attached hydrogen (secondary N) is 2. The lowest BCUT2D eigenvalue weighted by Crippen LogP contribution is -2.31. The number of halogens is 3. The maximum atomic E-state index is 12.7. The number of thiocarbonyl (C=S) groups is 1. The number of alkyl halides is 3. The predicted molar refractivity (Wildman–Crippen MR) is 95.1 cm³/mol. The lowest BCUT2D eigenvalue weighted by molar-refractivity contribution is -0.137. The van der Waals surface area contributed by atoms with Gasteiger partial charge < -0.3 is 10.6 Å². The van der Waals surface area contributed by atoms with Crippen molar-refractivity contribution < 1.29 is 13.2 Å². The molecule has 2 aromatic rings. The highest BCUT2D eigenvalue weighted by Crippen LogP contribution is 2.30. The van der Waals surface area contributed by atoms with Gasteiger partial charge >= 0.3 is 6.18 Å². The van der Waals surface area contributed by atoms with Crippen LogP contribution in [0, 0.1) is 13.8 Å². The van der Waals surface area contributed by atoms with Crippen LogP contribution in [0.15, 0.2) is 42.5 Å². The minimum atomic E-state index is -4.38. The number of rotatable bonds is 3. The third-order valence-electron chi connectivity index (χ3n) is 3.83. The van der Waals surface area contributed by atoms with Crippen molar-refractivity contribution in [2.24, 2.45) is 0 Å². The van der Waals surface area contributed by atoms with Gasteiger partial charge in [-0.2, -0.15) is 13.2 Å². The standard InChI is InChI=1S/C18H19F3N2S/c1-11-7-8-14(9-12(11)2)13(3)22-17(24)23-16-6-4-5-15(10-16)18(19,20)21/h4-10,13H,1-3H3,(H2,22,23,24). The van der Waals surface area contributed by atoms with Crippen molar-refractivity contribution in [3.05, 3.63) is 64.7 Å². The summed E-state index contributed by atoms with van der Waals surface area (Å²) < 4.78 is 38.2. The van der Waals surface area contributed by atoms with Crippen LogP contribution in [-0.4, -0.2) is 5.11 Å². The number of hydrogen-bond donors (Lipinski definition) is 2. The summed E-state index contributed by atoms with van der Waals surface area (Å²) in [5.41, 5.74) is 3.03. The Hall–Kier alpha value is -2.08. The van der Waals surface area contributed by atoms with Gasteiger partial charge in [-0.25, -0.2) is 0 Å². The van der Waals surface area contributed by atoms with E-state index in [4.69, 9.17) is 12.2 Å². The molecule has 0 fully saturated rings. The van der Waals surface area contributed by atoms with Gasteiger partial charge in [0.15, 0.2) is 5.11 Å². The zero-order chi connectivity index (χ0) is 17.9. The Bertz CT molecular complexity index is 741. The first-order chi connectivity index (χ1) is 11.2. The van der Waals surface area contributed by atoms with Crippen molar-refractivity contribution in [2.45, 2.75) is 33.0 Å². The lowest BCUT2D eigenvalue weighted by atomic mass is 10.0. The predicted octanol–water partition coefficient (Wildman–Crippen LogP) is 5.37. The SMILES string of the molecule is Cc1ccc(C(C)NC(=S)Nc2cccc(C(F)(F)F)c2)cc1C. The van der Waals surface area contributed by atoms with Crippen LogP contribution in [0.5, 0.6) is 0 Å². The van der Waals surface area contributed by atoms with Crippen molar-refractivity contribution in [3.63, 3.8) is 0 Å². The molecular weight excluding hydrogens is 333 g/mol. The van der Waals surface area contributed by atoms with Crippen molar-refractivity contribution in [1.82, 2.24) is 5.32 Å².